The lowest BCUT2D eigenvalue weighted by Crippen LogP contribution is -2.44. The maximum absolute atomic E-state index is 14.3. The summed E-state index contributed by atoms with van der Waals surface area (Å²) in [5.41, 5.74) is 5.09. The molecule has 0 aliphatic rings. The molecule has 0 fully saturated rings. The highest BCUT2D eigenvalue weighted by Gasteiger charge is 2.17. The standard InChI is InChI=1S/C20H25FN4O5S/c1-12(26)22-17-23-15(11-31-17)8-6-13-5-7-14(16(21)9-13)10-29-18(27)24-25-19(28)30-20(2,3)4/h5,7,9,11H,6,8,10H2,1-4H3,(H,24,27)(H,25,28)(H,22,23,26). The summed E-state index contributed by atoms with van der Waals surface area (Å²) in [6.45, 7) is 6.14. The van der Waals surface area contributed by atoms with E-state index in [1.165, 1.54) is 30.4 Å². The topological polar surface area (TPSA) is 119 Å². The highest BCUT2D eigenvalue weighted by Crippen LogP contribution is 2.18. The Morgan fingerprint density at radius 3 is 2.48 bits per heavy atom. The van der Waals surface area contributed by atoms with E-state index in [-0.39, 0.29) is 18.1 Å². The molecule has 3 amide bonds. The first-order chi connectivity index (χ1) is 14.5. The van der Waals surface area contributed by atoms with Crippen molar-refractivity contribution in [1.82, 2.24) is 15.8 Å². The fourth-order valence-electron chi connectivity index (χ4n) is 2.35. The molecule has 2 rings (SSSR count). The fourth-order valence-corrected chi connectivity index (χ4v) is 3.14. The van der Waals surface area contributed by atoms with Gasteiger partial charge in [0.1, 0.15) is 18.0 Å². The predicted octanol–water partition coefficient (Wildman–Crippen LogP) is 3.69. The maximum atomic E-state index is 14.3. The molecular formula is C20H25FN4O5S. The number of aromatic nitrogens is 1. The number of nitrogens with one attached hydrogen (secondary N) is 3. The first-order valence-electron chi connectivity index (χ1n) is 9.43. The van der Waals surface area contributed by atoms with Crippen LogP contribution >= 0.6 is 11.3 Å². The van der Waals surface area contributed by atoms with Gasteiger partial charge in [-0.25, -0.2) is 29.8 Å². The molecule has 168 valence electrons. The number of thiazole rings is 1. The van der Waals surface area contributed by atoms with Crippen molar-refractivity contribution in [2.75, 3.05) is 5.32 Å². The Hall–Kier alpha value is -3.21. The Labute approximate surface area is 183 Å². The van der Waals surface area contributed by atoms with Gasteiger partial charge in [-0.3, -0.25) is 4.79 Å². The van der Waals surface area contributed by atoms with Gasteiger partial charge < -0.3 is 14.8 Å². The number of aryl methyl sites for hydroxylation is 2. The molecule has 0 aliphatic heterocycles. The van der Waals surface area contributed by atoms with Gasteiger partial charge in [0.25, 0.3) is 0 Å². The number of halogens is 1. The number of hydrogen-bond acceptors (Lipinski definition) is 7. The minimum atomic E-state index is -0.951. The van der Waals surface area contributed by atoms with Crippen LogP contribution < -0.4 is 16.2 Å². The summed E-state index contributed by atoms with van der Waals surface area (Å²) in [4.78, 5) is 38.4. The molecule has 9 nitrogen and oxygen atoms in total. The molecule has 3 N–H and O–H groups in total. The van der Waals surface area contributed by atoms with E-state index in [1.807, 2.05) is 16.2 Å². The third-order valence-electron chi connectivity index (χ3n) is 3.65. The van der Waals surface area contributed by atoms with Crippen molar-refractivity contribution < 1.29 is 28.2 Å². The molecule has 11 heteroatoms. The monoisotopic (exact) mass is 452 g/mol. The zero-order valence-electron chi connectivity index (χ0n) is 17.7. The summed E-state index contributed by atoms with van der Waals surface area (Å²) in [5, 5.41) is 4.99. The molecule has 0 aliphatic carbocycles. The number of benzene rings is 1. The maximum Gasteiger partial charge on any atom is 0.426 e. The highest BCUT2D eigenvalue weighted by atomic mass is 32.1. The predicted molar refractivity (Wildman–Crippen MR) is 113 cm³/mol. The number of amides is 3. The van der Waals surface area contributed by atoms with E-state index in [9.17, 15) is 18.8 Å². The summed E-state index contributed by atoms with van der Waals surface area (Å²) in [5.74, 6) is -0.697. The Kier molecular flexibility index (Phi) is 8.31. The average molecular weight is 453 g/mol. The second kappa shape index (κ2) is 10.7. The number of rotatable bonds is 6. The minimum Gasteiger partial charge on any atom is -0.443 e. The zero-order chi connectivity index (χ0) is 23.0. The Balaban J connectivity index is 1.79. The van der Waals surface area contributed by atoms with Crippen molar-refractivity contribution in [3.8, 4) is 0 Å². The van der Waals surface area contributed by atoms with Gasteiger partial charge in [0, 0.05) is 17.9 Å². The van der Waals surface area contributed by atoms with Crippen LogP contribution in [0, 0.1) is 5.82 Å². The van der Waals surface area contributed by atoms with Crippen LogP contribution in [-0.2, 0) is 33.7 Å². The van der Waals surface area contributed by atoms with E-state index in [0.29, 0.717) is 18.0 Å². The lowest BCUT2D eigenvalue weighted by Gasteiger charge is -2.19. The number of anilines is 1. The van der Waals surface area contributed by atoms with Crippen molar-refractivity contribution in [2.45, 2.75) is 52.7 Å². The van der Waals surface area contributed by atoms with Gasteiger partial charge in [-0.05, 0) is 45.2 Å². The van der Waals surface area contributed by atoms with Crippen LogP contribution in [0.15, 0.2) is 23.6 Å². The molecule has 0 saturated heterocycles. The smallest absolute Gasteiger partial charge is 0.426 e. The van der Waals surface area contributed by atoms with Gasteiger partial charge in [-0.2, -0.15) is 0 Å². The number of hydrazine groups is 1. The quantitative estimate of drug-likeness (QED) is 0.575. The summed E-state index contributed by atoms with van der Waals surface area (Å²) >= 11 is 1.33. The highest BCUT2D eigenvalue weighted by molar-refractivity contribution is 7.13. The molecule has 0 saturated carbocycles. The molecule has 1 heterocycles. The van der Waals surface area contributed by atoms with E-state index in [0.717, 1.165) is 11.3 Å². The van der Waals surface area contributed by atoms with Crippen LogP contribution in [0.1, 0.15) is 44.5 Å². The van der Waals surface area contributed by atoms with Gasteiger partial charge in [0.15, 0.2) is 5.13 Å². The molecule has 0 radical (unpaired) electrons. The van der Waals surface area contributed by atoms with Gasteiger partial charge >= 0.3 is 12.2 Å². The largest absolute Gasteiger partial charge is 0.443 e. The minimum absolute atomic E-state index is 0.185. The fraction of sp³-hybridized carbons (Fsp3) is 0.400. The molecule has 0 unspecified atom stereocenters. The summed E-state index contributed by atoms with van der Waals surface area (Å²) in [7, 11) is 0. The first-order valence-corrected chi connectivity index (χ1v) is 10.3. The molecule has 0 atom stereocenters. The SMILES string of the molecule is CC(=O)Nc1nc(CCc2ccc(COC(=O)NNC(=O)OC(C)(C)C)c(F)c2)cs1. The van der Waals surface area contributed by atoms with E-state index in [4.69, 9.17) is 9.47 Å². The molecular weight excluding hydrogens is 427 g/mol. The van der Waals surface area contributed by atoms with Crippen LogP contribution in [0.25, 0.3) is 0 Å². The lowest BCUT2D eigenvalue weighted by molar-refractivity contribution is -0.114. The summed E-state index contributed by atoms with van der Waals surface area (Å²) in [6, 6.07) is 4.64. The average Bonchev–Trinajstić information content (AvgIpc) is 3.09. The second-order valence-corrected chi connectivity index (χ2v) is 8.44. The second-order valence-electron chi connectivity index (χ2n) is 7.58. The number of carbonyl (C=O) groups is 3. The van der Waals surface area contributed by atoms with E-state index in [2.05, 4.69) is 10.3 Å². The molecule has 1 aromatic heterocycles. The van der Waals surface area contributed by atoms with E-state index < -0.39 is 23.6 Å². The van der Waals surface area contributed by atoms with Crippen molar-refractivity contribution in [3.05, 3.63) is 46.2 Å². The van der Waals surface area contributed by atoms with Crippen LogP contribution in [0.3, 0.4) is 0 Å². The summed E-state index contributed by atoms with van der Waals surface area (Å²) in [6.07, 6.45) is -0.650. The van der Waals surface area contributed by atoms with Crippen LogP contribution in [-0.4, -0.2) is 28.7 Å². The molecule has 1 aromatic carbocycles. The Morgan fingerprint density at radius 1 is 1.13 bits per heavy atom. The van der Waals surface area contributed by atoms with Gasteiger partial charge in [-0.1, -0.05) is 12.1 Å². The van der Waals surface area contributed by atoms with Crippen molar-refractivity contribution >= 4 is 34.6 Å². The normalized spacial score (nSPS) is 10.9. The molecule has 0 spiro atoms. The summed E-state index contributed by atoms with van der Waals surface area (Å²) < 4.78 is 24.2. The van der Waals surface area contributed by atoms with Crippen molar-refractivity contribution in [1.29, 1.82) is 0 Å². The third-order valence-corrected chi connectivity index (χ3v) is 4.45. The van der Waals surface area contributed by atoms with Crippen molar-refractivity contribution in [2.24, 2.45) is 0 Å². The van der Waals surface area contributed by atoms with E-state index >= 15 is 0 Å². The number of nitrogens with zero attached hydrogens (tertiary/aromatic N) is 1. The zero-order valence-corrected chi connectivity index (χ0v) is 18.5. The van der Waals surface area contributed by atoms with E-state index in [1.54, 1.807) is 26.8 Å². The first kappa shape index (κ1) is 24.1. The Bertz CT molecular complexity index is 942. The molecule has 0 bridgehead atoms. The van der Waals surface area contributed by atoms with Gasteiger partial charge in [0.05, 0.1) is 5.69 Å². The van der Waals surface area contributed by atoms with Crippen LogP contribution in [0.2, 0.25) is 0 Å². The molecule has 31 heavy (non-hydrogen) atoms. The van der Waals surface area contributed by atoms with Crippen LogP contribution in [0.4, 0.5) is 19.1 Å². The Morgan fingerprint density at radius 2 is 1.84 bits per heavy atom. The number of carbonyl (C=O) groups excluding carboxylic acids is 3. The lowest BCUT2D eigenvalue weighted by atomic mass is 10.1. The van der Waals surface area contributed by atoms with Crippen molar-refractivity contribution in [3.63, 3.8) is 0 Å². The number of ether oxygens (including phenoxy) is 2. The van der Waals surface area contributed by atoms with Gasteiger partial charge in [-0.15, -0.1) is 11.3 Å². The molecule has 2 aromatic rings. The number of hydrogen-bond donors (Lipinski definition) is 3. The van der Waals surface area contributed by atoms with Gasteiger partial charge in [0.2, 0.25) is 5.91 Å². The third kappa shape index (κ3) is 8.99. The van der Waals surface area contributed by atoms with Crippen LogP contribution in [0.5, 0.6) is 0 Å².